The average Bonchev–Trinajstić information content (AvgIpc) is 2.71. The lowest BCUT2D eigenvalue weighted by Crippen LogP contribution is -2.46. The molecule has 0 aliphatic carbocycles. The molecule has 2 aliphatic heterocycles. The molecule has 2 aliphatic rings. The number of nitrogens with zero attached hydrogens (tertiary/aromatic N) is 2. The zero-order valence-electron chi connectivity index (χ0n) is 9.96. The first-order chi connectivity index (χ1) is 8.36. The number of hydrogen-bond donors (Lipinski definition) is 1. The minimum Gasteiger partial charge on any atom is -0.372 e. The van der Waals surface area contributed by atoms with Crippen LogP contribution in [0.2, 0.25) is 0 Å². The molecule has 1 aromatic rings. The van der Waals surface area contributed by atoms with Crippen LogP contribution in [0.3, 0.4) is 0 Å². The Morgan fingerprint density at radius 1 is 1.35 bits per heavy atom. The van der Waals surface area contributed by atoms with Gasteiger partial charge in [-0.1, -0.05) is 6.07 Å². The van der Waals surface area contributed by atoms with E-state index in [4.69, 9.17) is 10.5 Å². The molecule has 3 heterocycles. The molecule has 92 valence electrons. The van der Waals surface area contributed by atoms with E-state index < -0.39 is 0 Å². The van der Waals surface area contributed by atoms with E-state index in [0.29, 0.717) is 18.8 Å². The minimum atomic E-state index is 0.239. The molecule has 2 bridgehead atoms. The Balaban J connectivity index is 1.77. The molecule has 1 aromatic heterocycles. The van der Waals surface area contributed by atoms with Crippen LogP contribution in [-0.2, 0) is 4.74 Å². The van der Waals surface area contributed by atoms with Crippen LogP contribution in [0.25, 0.3) is 0 Å². The van der Waals surface area contributed by atoms with E-state index >= 15 is 0 Å². The van der Waals surface area contributed by atoms with Crippen LogP contribution in [0.15, 0.2) is 24.4 Å². The van der Waals surface area contributed by atoms with Gasteiger partial charge >= 0.3 is 0 Å². The van der Waals surface area contributed by atoms with Crippen LogP contribution in [0.5, 0.6) is 0 Å². The van der Waals surface area contributed by atoms with E-state index in [1.54, 1.807) is 0 Å². The highest BCUT2D eigenvalue weighted by Gasteiger charge is 2.36. The molecule has 3 unspecified atom stereocenters. The number of rotatable bonds is 3. The summed E-state index contributed by atoms with van der Waals surface area (Å²) < 4.78 is 5.86. The first-order valence-corrected chi connectivity index (χ1v) is 6.37. The SMILES string of the molecule is NCC(c1ccccn1)N1CC2CCC(C1)O2. The maximum atomic E-state index is 5.92. The Bertz CT molecular complexity index is 358. The van der Waals surface area contributed by atoms with Gasteiger partial charge in [-0.05, 0) is 25.0 Å². The van der Waals surface area contributed by atoms with Crippen molar-refractivity contribution in [2.75, 3.05) is 19.6 Å². The van der Waals surface area contributed by atoms with Crippen molar-refractivity contribution in [2.45, 2.75) is 31.1 Å². The molecule has 2 N–H and O–H groups in total. The lowest BCUT2D eigenvalue weighted by atomic mass is 10.1. The van der Waals surface area contributed by atoms with Gasteiger partial charge in [0.1, 0.15) is 0 Å². The molecule has 3 rings (SSSR count). The number of likely N-dealkylation sites (tertiary alicyclic amines) is 1. The number of morpholine rings is 1. The summed E-state index contributed by atoms with van der Waals surface area (Å²) in [6.45, 7) is 2.61. The minimum absolute atomic E-state index is 0.239. The summed E-state index contributed by atoms with van der Waals surface area (Å²) in [4.78, 5) is 6.87. The maximum Gasteiger partial charge on any atom is 0.0707 e. The Labute approximate surface area is 102 Å². The second-order valence-corrected chi connectivity index (χ2v) is 4.92. The van der Waals surface area contributed by atoms with Crippen molar-refractivity contribution >= 4 is 0 Å². The monoisotopic (exact) mass is 233 g/mol. The first-order valence-electron chi connectivity index (χ1n) is 6.37. The van der Waals surface area contributed by atoms with E-state index in [-0.39, 0.29) is 6.04 Å². The Hall–Kier alpha value is -0.970. The van der Waals surface area contributed by atoms with Crippen molar-refractivity contribution in [3.8, 4) is 0 Å². The van der Waals surface area contributed by atoms with Crippen molar-refractivity contribution in [3.63, 3.8) is 0 Å². The van der Waals surface area contributed by atoms with Gasteiger partial charge in [-0.2, -0.15) is 0 Å². The third kappa shape index (κ3) is 2.20. The van der Waals surface area contributed by atoms with Gasteiger partial charge in [-0.3, -0.25) is 9.88 Å². The molecular formula is C13H19N3O. The second kappa shape index (κ2) is 4.72. The van der Waals surface area contributed by atoms with Gasteiger partial charge in [0.15, 0.2) is 0 Å². The number of pyridine rings is 1. The second-order valence-electron chi connectivity index (χ2n) is 4.92. The Kier molecular flexibility index (Phi) is 3.09. The fourth-order valence-corrected chi connectivity index (χ4v) is 2.93. The zero-order valence-corrected chi connectivity index (χ0v) is 9.96. The standard InChI is InChI=1S/C13H19N3O/c14-7-13(12-3-1-2-6-15-12)16-8-10-4-5-11(9-16)17-10/h1-3,6,10-11,13H,4-5,7-9,14H2. The summed E-state index contributed by atoms with van der Waals surface area (Å²) >= 11 is 0. The molecule has 17 heavy (non-hydrogen) atoms. The highest BCUT2D eigenvalue weighted by Crippen LogP contribution is 2.30. The fourth-order valence-electron chi connectivity index (χ4n) is 2.93. The van der Waals surface area contributed by atoms with Gasteiger partial charge < -0.3 is 10.5 Å². The molecule has 0 saturated carbocycles. The van der Waals surface area contributed by atoms with Crippen molar-refractivity contribution in [1.29, 1.82) is 0 Å². The first kappa shape index (κ1) is 11.1. The quantitative estimate of drug-likeness (QED) is 0.844. The van der Waals surface area contributed by atoms with Crippen LogP contribution in [0.1, 0.15) is 24.6 Å². The summed E-state index contributed by atoms with van der Waals surface area (Å²) in [5, 5.41) is 0. The third-order valence-corrected chi connectivity index (χ3v) is 3.77. The van der Waals surface area contributed by atoms with Gasteiger partial charge in [0.05, 0.1) is 23.9 Å². The summed E-state index contributed by atoms with van der Waals surface area (Å²) in [6.07, 6.45) is 5.05. The number of aromatic nitrogens is 1. The van der Waals surface area contributed by atoms with Crippen molar-refractivity contribution in [1.82, 2.24) is 9.88 Å². The predicted molar refractivity (Wildman–Crippen MR) is 65.5 cm³/mol. The molecule has 4 heteroatoms. The van der Waals surface area contributed by atoms with Crippen LogP contribution in [0, 0.1) is 0 Å². The highest BCUT2D eigenvalue weighted by molar-refractivity contribution is 5.10. The lowest BCUT2D eigenvalue weighted by molar-refractivity contribution is -0.0526. The predicted octanol–water partition coefficient (Wildman–Crippen LogP) is 0.945. The highest BCUT2D eigenvalue weighted by atomic mass is 16.5. The van der Waals surface area contributed by atoms with Gasteiger partial charge in [0, 0.05) is 25.8 Å². The van der Waals surface area contributed by atoms with Crippen molar-refractivity contribution < 1.29 is 4.74 Å². The van der Waals surface area contributed by atoms with Gasteiger partial charge in [0.25, 0.3) is 0 Å². The van der Waals surface area contributed by atoms with E-state index in [1.807, 2.05) is 18.3 Å². The summed E-state index contributed by atoms with van der Waals surface area (Å²) in [6, 6.07) is 6.28. The molecule has 0 spiro atoms. The number of fused-ring (bicyclic) bond motifs is 2. The van der Waals surface area contributed by atoms with Crippen LogP contribution >= 0.6 is 0 Å². The summed E-state index contributed by atoms with van der Waals surface area (Å²) in [7, 11) is 0. The van der Waals surface area contributed by atoms with E-state index in [9.17, 15) is 0 Å². The smallest absolute Gasteiger partial charge is 0.0707 e. The van der Waals surface area contributed by atoms with Crippen molar-refractivity contribution in [3.05, 3.63) is 30.1 Å². The van der Waals surface area contributed by atoms with Gasteiger partial charge in [-0.15, -0.1) is 0 Å². The average molecular weight is 233 g/mol. The van der Waals surface area contributed by atoms with E-state index in [2.05, 4.69) is 16.0 Å². The Morgan fingerprint density at radius 3 is 2.71 bits per heavy atom. The fraction of sp³-hybridized carbons (Fsp3) is 0.615. The lowest BCUT2D eigenvalue weighted by Gasteiger charge is -2.37. The number of hydrogen-bond acceptors (Lipinski definition) is 4. The van der Waals surface area contributed by atoms with Crippen LogP contribution in [-0.4, -0.2) is 41.7 Å². The molecule has 0 amide bonds. The van der Waals surface area contributed by atoms with Crippen LogP contribution in [0.4, 0.5) is 0 Å². The topological polar surface area (TPSA) is 51.4 Å². The molecule has 4 nitrogen and oxygen atoms in total. The molecule has 0 radical (unpaired) electrons. The molecule has 0 aromatic carbocycles. The summed E-state index contributed by atoms with van der Waals surface area (Å²) in [5.41, 5.74) is 7.00. The molecule has 3 atom stereocenters. The molecule has 2 fully saturated rings. The number of ether oxygens (including phenoxy) is 1. The van der Waals surface area contributed by atoms with E-state index in [1.165, 1.54) is 12.8 Å². The Morgan fingerprint density at radius 2 is 2.12 bits per heavy atom. The van der Waals surface area contributed by atoms with Crippen molar-refractivity contribution in [2.24, 2.45) is 5.73 Å². The largest absolute Gasteiger partial charge is 0.372 e. The van der Waals surface area contributed by atoms with Crippen LogP contribution < -0.4 is 5.73 Å². The normalized spacial score (nSPS) is 30.4. The number of nitrogens with two attached hydrogens (primary N) is 1. The molecule has 2 saturated heterocycles. The van der Waals surface area contributed by atoms with E-state index in [0.717, 1.165) is 18.8 Å². The van der Waals surface area contributed by atoms with Gasteiger partial charge in [0.2, 0.25) is 0 Å². The maximum absolute atomic E-state index is 5.92. The zero-order chi connectivity index (χ0) is 11.7. The summed E-state index contributed by atoms with van der Waals surface area (Å²) in [5.74, 6) is 0. The third-order valence-electron chi connectivity index (χ3n) is 3.77. The van der Waals surface area contributed by atoms with Gasteiger partial charge in [-0.25, -0.2) is 0 Å². The molecular weight excluding hydrogens is 214 g/mol.